The van der Waals surface area contributed by atoms with Crippen LogP contribution in [0.4, 0.5) is 18.9 Å². The number of anilines is 1. The highest BCUT2D eigenvalue weighted by atomic mass is 32.2. The maximum absolute atomic E-state index is 12.9. The summed E-state index contributed by atoms with van der Waals surface area (Å²) in [5, 5.41) is 1.62. The van der Waals surface area contributed by atoms with Crippen LogP contribution in [0.5, 0.6) is 0 Å². The van der Waals surface area contributed by atoms with Crippen LogP contribution in [0.2, 0.25) is 0 Å². The Bertz CT molecular complexity index is 713. The molecule has 134 valence electrons. The van der Waals surface area contributed by atoms with Crippen LogP contribution < -0.4 is 10.0 Å². The second-order valence-corrected chi connectivity index (χ2v) is 7.52. The minimum atomic E-state index is -4.66. The number of sulfonamides is 1. The Morgan fingerprint density at radius 2 is 1.96 bits per heavy atom. The van der Waals surface area contributed by atoms with Crippen molar-refractivity contribution >= 4 is 21.6 Å². The van der Waals surface area contributed by atoms with Gasteiger partial charge in [0.15, 0.2) is 0 Å². The van der Waals surface area contributed by atoms with Crippen LogP contribution in [-0.4, -0.2) is 26.1 Å². The number of halogens is 3. The van der Waals surface area contributed by atoms with Gasteiger partial charge in [-0.05, 0) is 38.5 Å². The van der Waals surface area contributed by atoms with Crippen molar-refractivity contribution in [3.8, 4) is 0 Å². The van der Waals surface area contributed by atoms with Crippen LogP contribution in [-0.2, 0) is 16.2 Å². The molecule has 0 unspecified atom stereocenters. The molecule has 0 aliphatic rings. The molecule has 0 saturated heterocycles. The molecular weight excluding hydrogens is 345 g/mol. The summed E-state index contributed by atoms with van der Waals surface area (Å²) in [5.74, 6) is -0.674. The zero-order valence-corrected chi connectivity index (χ0v) is 14.1. The highest BCUT2D eigenvalue weighted by molar-refractivity contribution is 7.93. The van der Waals surface area contributed by atoms with Gasteiger partial charge in [-0.25, -0.2) is 8.42 Å². The van der Waals surface area contributed by atoms with Crippen LogP contribution >= 0.6 is 0 Å². The fourth-order valence-electron chi connectivity index (χ4n) is 1.66. The van der Waals surface area contributed by atoms with E-state index in [-0.39, 0.29) is 12.1 Å². The van der Waals surface area contributed by atoms with E-state index in [2.05, 4.69) is 16.6 Å². The minimum Gasteiger partial charge on any atom is -0.352 e. The molecule has 0 aliphatic heterocycles. The first-order chi connectivity index (χ1) is 11.0. The van der Waals surface area contributed by atoms with E-state index in [1.807, 2.05) is 0 Å². The number of hydrogen-bond donors (Lipinski definition) is 2. The molecule has 1 amide bonds. The first kappa shape index (κ1) is 20.0. The molecule has 0 spiro atoms. The minimum absolute atomic E-state index is 0.184. The topological polar surface area (TPSA) is 75.3 Å². The van der Waals surface area contributed by atoms with Gasteiger partial charge in [-0.1, -0.05) is 6.08 Å². The normalized spacial score (nSPS) is 12.1. The Hall–Kier alpha value is -2.03. The van der Waals surface area contributed by atoms with Crippen LogP contribution in [0.15, 0.2) is 30.9 Å². The van der Waals surface area contributed by atoms with Gasteiger partial charge in [0.1, 0.15) is 0 Å². The summed E-state index contributed by atoms with van der Waals surface area (Å²) in [6, 6.07) is 2.29. The lowest BCUT2D eigenvalue weighted by Crippen LogP contribution is -2.28. The zero-order valence-electron chi connectivity index (χ0n) is 13.3. The molecule has 24 heavy (non-hydrogen) atoms. The number of carbonyl (C=O) groups is 1. The van der Waals surface area contributed by atoms with Crippen molar-refractivity contribution in [3.63, 3.8) is 0 Å². The van der Waals surface area contributed by atoms with Gasteiger partial charge in [0.25, 0.3) is 5.91 Å². The molecule has 0 radical (unpaired) electrons. The molecule has 0 fully saturated rings. The molecule has 0 heterocycles. The molecule has 2 N–H and O–H groups in total. The standard InChI is InChI=1S/C15H19F3N2O3S/c1-4-5-8-19-14(21)12-7-6-11(15(16,17)18)9-13(12)20-24(22,23)10(2)3/h4,6-7,9-10,20H,1,5,8H2,2-3H3,(H,19,21). The van der Waals surface area contributed by atoms with Crippen molar-refractivity contribution in [3.05, 3.63) is 42.0 Å². The van der Waals surface area contributed by atoms with Gasteiger partial charge in [-0.2, -0.15) is 13.2 Å². The Morgan fingerprint density at radius 1 is 1.33 bits per heavy atom. The molecule has 0 aromatic heterocycles. The van der Waals surface area contributed by atoms with Crippen molar-refractivity contribution in [2.45, 2.75) is 31.7 Å². The Balaban J connectivity index is 3.27. The van der Waals surface area contributed by atoms with E-state index < -0.39 is 38.6 Å². The van der Waals surface area contributed by atoms with E-state index in [1.54, 1.807) is 6.08 Å². The molecule has 1 aromatic carbocycles. The summed E-state index contributed by atoms with van der Waals surface area (Å²) in [7, 11) is -3.91. The van der Waals surface area contributed by atoms with E-state index >= 15 is 0 Å². The third-order valence-corrected chi connectivity index (χ3v) is 4.84. The Morgan fingerprint density at radius 3 is 2.46 bits per heavy atom. The average Bonchev–Trinajstić information content (AvgIpc) is 2.45. The van der Waals surface area contributed by atoms with Gasteiger partial charge >= 0.3 is 6.18 Å². The number of rotatable bonds is 7. The van der Waals surface area contributed by atoms with E-state index in [9.17, 15) is 26.4 Å². The predicted molar refractivity (Wildman–Crippen MR) is 86.3 cm³/mol. The van der Waals surface area contributed by atoms with Crippen LogP contribution in [0.1, 0.15) is 36.2 Å². The SMILES string of the molecule is C=CCCNC(=O)c1ccc(C(F)(F)F)cc1NS(=O)(=O)C(C)C. The smallest absolute Gasteiger partial charge is 0.352 e. The molecule has 0 atom stereocenters. The lowest BCUT2D eigenvalue weighted by atomic mass is 10.1. The summed E-state index contributed by atoms with van der Waals surface area (Å²) < 4.78 is 64.5. The van der Waals surface area contributed by atoms with Crippen LogP contribution in [0.3, 0.4) is 0 Å². The van der Waals surface area contributed by atoms with Crippen LogP contribution in [0, 0.1) is 0 Å². The number of hydrogen-bond acceptors (Lipinski definition) is 3. The summed E-state index contributed by atoms with van der Waals surface area (Å²) in [6.45, 7) is 6.47. The van der Waals surface area contributed by atoms with E-state index in [0.717, 1.165) is 12.1 Å². The van der Waals surface area contributed by atoms with E-state index in [0.29, 0.717) is 12.5 Å². The molecule has 9 heteroatoms. The maximum Gasteiger partial charge on any atom is 0.416 e. The predicted octanol–water partition coefficient (Wildman–Crippen LogP) is 3.16. The molecule has 0 aliphatic carbocycles. The quantitative estimate of drug-likeness (QED) is 0.576. The number of benzene rings is 1. The van der Waals surface area contributed by atoms with Gasteiger partial charge < -0.3 is 5.32 Å². The van der Waals surface area contributed by atoms with Gasteiger partial charge in [0.2, 0.25) is 10.0 Å². The third kappa shape index (κ3) is 5.26. The summed E-state index contributed by atoms with van der Waals surface area (Å²) in [4.78, 5) is 12.1. The largest absolute Gasteiger partial charge is 0.416 e. The number of amides is 1. The number of alkyl halides is 3. The molecule has 0 bridgehead atoms. The molecule has 1 aromatic rings. The molecule has 1 rings (SSSR count). The summed E-state index contributed by atoms with van der Waals surface area (Å²) in [5.41, 5.74) is -1.64. The Labute approximate surface area is 139 Å². The number of nitrogens with one attached hydrogen (secondary N) is 2. The van der Waals surface area contributed by atoms with Gasteiger partial charge in [0.05, 0.1) is 22.1 Å². The van der Waals surface area contributed by atoms with Crippen LogP contribution in [0.25, 0.3) is 0 Å². The monoisotopic (exact) mass is 364 g/mol. The van der Waals surface area contributed by atoms with E-state index in [4.69, 9.17) is 0 Å². The lowest BCUT2D eigenvalue weighted by Gasteiger charge is -2.16. The zero-order chi connectivity index (χ0) is 18.5. The van der Waals surface area contributed by atoms with Crippen molar-refractivity contribution in [2.24, 2.45) is 0 Å². The first-order valence-electron chi connectivity index (χ1n) is 7.11. The maximum atomic E-state index is 12.9. The average molecular weight is 364 g/mol. The second-order valence-electron chi connectivity index (χ2n) is 5.29. The van der Waals surface area contributed by atoms with Crippen molar-refractivity contribution in [2.75, 3.05) is 11.3 Å². The number of carbonyl (C=O) groups excluding carboxylic acids is 1. The first-order valence-corrected chi connectivity index (χ1v) is 8.65. The summed E-state index contributed by atoms with van der Waals surface area (Å²) >= 11 is 0. The molecular formula is C15H19F3N2O3S. The molecule has 0 saturated carbocycles. The van der Waals surface area contributed by atoms with Crippen molar-refractivity contribution in [1.82, 2.24) is 5.32 Å². The highest BCUT2D eigenvalue weighted by Gasteiger charge is 2.32. The highest BCUT2D eigenvalue weighted by Crippen LogP contribution is 2.32. The molecule has 5 nitrogen and oxygen atoms in total. The van der Waals surface area contributed by atoms with E-state index in [1.165, 1.54) is 13.8 Å². The second kappa shape index (κ2) is 7.69. The van der Waals surface area contributed by atoms with Crippen molar-refractivity contribution < 1.29 is 26.4 Å². The fourth-order valence-corrected chi connectivity index (χ4v) is 2.37. The van der Waals surface area contributed by atoms with Gasteiger partial charge in [-0.15, -0.1) is 6.58 Å². The fraction of sp³-hybridized carbons (Fsp3) is 0.400. The lowest BCUT2D eigenvalue weighted by molar-refractivity contribution is -0.137. The van der Waals surface area contributed by atoms with Crippen molar-refractivity contribution in [1.29, 1.82) is 0 Å². The Kier molecular flexibility index (Phi) is 6.42. The van der Waals surface area contributed by atoms with Gasteiger partial charge in [-0.3, -0.25) is 9.52 Å². The summed E-state index contributed by atoms with van der Waals surface area (Å²) in [6.07, 6.45) is -2.62. The van der Waals surface area contributed by atoms with Gasteiger partial charge in [0, 0.05) is 6.54 Å². The third-order valence-electron chi connectivity index (χ3n) is 3.10.